The molecule has 1 aliphatic heterocycles. The van der Waals surface area contributed by atoms with E-state index in [1.165, 1.54) is 35.2 Å². The van der Waals surface area contributed by atoms with E-state index in [9.17, 15) is 24.8 Å². The van der Waals surface area contributed by atoms with Crippen LogP contribution in [-0.4, -0.2) is 28.3 Å². The third kappa shape index (κ3) is 4.52. The maximum absolute atomic E-state index is 13.3. The van der Waals surface area contributed by atoms with Gasteiger partial charge in [0.1, 0.15) is 11.5 Å². The summed E-state index contributed by atoms with van der Waals surface area (Å²) in [6, 6.07) is 19.2. The molecule has 4 rings (SSSR count). The van der Waals surface area contributed by atoms with Crippen molar-refractivity contribution in [3.8, 4) is 11.8 Å². The average Bonchev–Trinajstić information content (AvgIpc) is 3.17. The lowest BCUT2D eigenvalue weighted by Crippen LogP contribution is -2.29. The third-order valence-corrected chi connectivity index (χ3v) is 5.70. The smallest absolute Gasteiger partial charge is 0.300 e. The lowest BCUT2D eigenvalue weighted by molar-refractivity contribution is -0.384. The second-order valence-electron chi connectivity index (χ2n) is 8.06. The topological polar surface area (TPSA) is 134 Å². The van der Waals surface area contributed by atoms with Crippen LogP contribution in [0.4, 0.5) is 11.4 Å². The molecule has 1 unspecified atom stereocenters. The number of Topliss-reactive ketones (excluding diaryl/α,β-unsaturated/α-hetero) is 1. The van der Waals surface area contributed by atoms with Gasteiger partial charge < -0.3 is 9.84 Å². The summed E-state index contributed by atoms with van der Waals surface area (Å²) >= 11 is 0. The van der Waals surface area contributed by atoms with Crippen molar-refractivity contribution in [1.29, 1.82) is 5.26 Å². The summed E-state index contributed by atoms with van der Waals surface area (Å²) in [5.74, 6) is -1.82. The van der Waals surface area contributed by atoms with Crippen molar-refractivity contribution < 1.29 is 24.4 Å². The number of carbonyl (C=O) groups is 2. The molecule has 180 valence electrons. The second-order valence-corrected chi connectivity index (χ2v) is 8.06. The van der Waals surface area contributed by atoms with E-state index in [2.05, 4.69) is 0 Å². The number of rotatable bonds is 7. The second kappa shape index (κ2) is 10.1. The fourth-order valence-corrected chi connectivity index (χ4v) is 4.03. The quantitative estimate of drug-likeness (QED) is 0.166. The summed E-state index contributed by atoms with van der Waals surface area (Å²) < 4.78 is 5.72. The number of nitro benzene ring substituents is 1. The summed E-state index contributed by atoms with van der Waals surface area (Å²) in [5, 5.41) is 31.6. The van der Waals surface area contributed by atoms with Gasteiger partial charge in [0.25, 0.3) is 17.4 Å². The number of aliphatic hydroxyl groups is 1. The maximum Gasteiger partial charge on any atom is 0.300 e. The van der Waals surface area contributed by atoms with E-state index in [1.807, 2.05) is 13.0 Å². The van der Waals surface area contributed by atoms with Crippen LogP contribution in [0.25, 0.3) is 5.76 Å². The van der Waals surface area contributed by atoms with E-state index < -0.39 is 28.4 Å². The summed E-state index contributed by atoms with van der Waals surface area (Å²) in [6.45, 7) is 2.43. The van der Waals surface area contributed by atoms with Crippen LogP contribution in [0.5, 0.6) is 5.75 Å². The lowest BCUT2D eigenvalue weighted by atomic mass is 9.94. The normalized spacial score (nSPS) is 16.6. The molecule has 1 saturated heterocycles. The van der Waals surface area contributed by atoms with Crippen LogP contribution < -0.4 is 9.64 Å². The molecule has 0 radical (unpaired) electrons. The van der Waals surface area contributed by atoms with Crippen LogP contribution in [0.2, 0.25) is 0 Å². The molecule has 0 saturated carbocycles. The van der Waals surface area contributed by atoms with Crippen LogP contribution in [0.3, 0.4) is 0 Å². The maximum atomic E-state index is 13.3. The van der Waals surface area contributed by atoms with Crippen LogP contribution in [-0.2, 0) is 9.59 Å². The largest absolute Gasteiger partial charge is 0.507 e. The first-order valence-electron chi connectivity index (χ1n) is 11.1. The van der Waals surface area contributed by atoms with Crippen molar-refractivity contribution >= 4 is 28.8 Å². The summed E-state index contributed by atoms with van der Waals surface area (Å²) in [6.07, 6.45) is 0.778. The van der Waals surface area contributed by atoms with Crippen molar-refractivity contribution in [2.45, 2.75) is 19.4 Å². The Morgan fingerprint density at radius 1 is 1.11 bits per heavy atom. The predicted molar refractivity (Wildman–Crippen MR) is 131 cm³/mol. The number of carbonyl (C=O) groups excluding carboxylic acids is 2. The van der Waals surface area contributed by atoms with Gasteiger partial charge in [-0.3, -0.25) is 24.6 Å². The Balaban J connectivity index is 1.92. The number of nitro groups is 1. The van der Waals surface area contributed by atoms with Crippen LogP contribution >= 0.6 is 0 Å². The van der Waals surface area contributed by atoms with Crippen LogP contribution in [0, 0.1) is 21.4 Å². The Morgan fingerprint density at radius 3 is 2.50 bits per heavy atom. The van der Waals surface area contributed by atoms with Gasteiger partial charge in [-0.15, -0.1) is 0 Å². The Kier molecular flexibility index (Phi) is 6.79. The van der Waals surface area contributed by atoms with Gasteiger partial charge in [0, 0.05) is 23.4 Å². The van der Waals surface area contributed by atoms with Gasteiger partial charge in [-0.05, 0) is 48.4 Å². The number of anilines is 1. The van der Waals surface area contributed by atoms with Gasteiger partial charge in [-0.25, -0.2) is 0 Å². The minimum absolute atomic E-state index is 0.0328. The third-order valence-electron chi connectivity index (χ3n) is 5.70. The number of ether oxygens (including phenoxy) is 1. The van der Waals surface area contributed by atoms with E-state index in [1.54, 1.807) is 36.4 Å². The highest BCUT2D eigenvalue weighted by atomic mass is 16.6. The van der Waals surface area contributed by atoms with Gasteiger partial charge in [0.2, 0.25) is 0 Å². The lowest BCUT2D eigenvalue weighted by Gasteiger charge is -2.26. The van der Waals surface area contributed by atoms with E-state index in [0.717, 1.165) is 12.5 Å². The van der Waals surface area contributed by atoms with Gasteiger partial charge in [0.15, 0.2) is 0 Å². The van der Waals surface area contributed by atoms with E-state index >= 15 is 0 Å². The number of amides is 1. The molecule has 1 amide bonds. The van der Waals surface area contributed by atoms with E-state index in [4.69, 9.17) is 10.00 Å². The number of hydrogen-bond donors (Lipinski definition) is 1. The zero-order chi connectivity index (χ0) is 25.8. The Morgan fingerprint density at radius 2 is 1.83 bits per heavy atom. The molecule has 36 heavy (non-hydrogen) atoms. The number of non-ortho nitro benzene ring substituents is 1. The monoisotopic (exact) mass is 483 g/mol. The molecule has 9 nitrogen and oxygen atoms in total. The molecule has 1 aliphatic rings. The Bertz CT molecular complexity index is 1420. The first kappa shape index (κ1) is 24.2. The number of aliphatic hydroxyl groups excluding tert-OH is 1. The fourth-order valence-electron chi connectivity index (χ4n) is 4.03. The van der Waals surface area contributed by atoms with Gasteiger partial charge in [-0.2, -0.15) is 5.26 Å². The van der Waals surface area contributed by atoms with Crippen LogP contribution in [0.15, 0.2) is 78.4 Å². The zero-order valence-corrected chi connectivity index (χ0v) is 19.2. The highest BCUT2D eigenvalue weighted by molar-refractivity contribution is 6.51. The summed E-state index contributed by atoms with van der Waals surface area (Å²) in [4.78, 5) is 38.4. The molecule has 1 fully saturated rings. The fraction of sp³-hybridized carbons (Fsp3) is 0.148. The number of benzene rings is 3. The molecule has 1 atom stereocenters. The summed E-state index contributed by atoms with van der Waals surface area (Å²) in [5.41, 5.74) is 0.770. The molecule has 0 bridgehead atoms. The van der Waals surface area contributed by atoms with E-state index in [0.29, 0.717) is 29.2 Å². The summed E-state index contributed by atoms with van der Waals surface area (Å²) in [7, 11) is 0. The van der Waals surface area contributed by atoms with Crippen molar-refractivity contribution in [3.05, 3.63) is 105 Å². The van der Waals surface area contributed by atoms with Crippen LogP contribution in [0.1, 0.15) is 36.1 Å². The van der Waals surface area contributed by atoms with Crippen molar-refractivity contribution in [3.63, 3.8) is 0 Å². The first-order valence-corrected chi connectivity index (χ1v) is 11.1. The van der Waals surface area contributed by atoms with Gasteiger partial charge >= 0.3 is 0 Å². The number of nitriles is 1. The van der Waals surface area contributed by atoms with Crippen molar-refractivity contribution in [1.82, 2.24) is 0 Å². The molecule has 9 heteroatoms. The first-order chi connectivity index (χ1) is 17.3. The Labute approximate surface area is 206 Å². The molecule has 0 spiro atoms. The standard InChI is InChI=1S/C27H21N3O6/c1-2-13-36-22-8-4-5-18(15-22)24-23(25(31)19-6-3-7-21(14-19)30(34)35)26(32)27(33)29(24)20-11-9-17(16-28)10-12-20/h3-12,14-15,24,31H,2,13H2,1H3/b25-23-. The number of ketones is 1. The van der Waals surface area contributed by atoms with E-state index in [-0.39, 0.29) is 16.8 Å². The minimum atomic E-state index is -1.04. The highest BCUT2D eigenvalue weighted by Gasteiger charge is 2.47. The molecule has 1 N–H and O–H groups in total. The van der Waals surface area contributed by atoms with Crippen molar-refractivity contribution in [2.75, 3.05) is 11.5 Å². The Hall–Kier alpha value is -4.97. The molecular formula is C27H21N3O6. The van der Waals surface area contributed by atoms with Gasteiger partial charge in [0.05, 0.1) is 34.8 Å². The minimum Gasteiger partial charge on any atom is -0.507 e. The number of hydrogen-bond acceptors (Lipinski definition) is 7. The molecular weight excluding hydrogens is 462 g/mol. The molecule has 0 aromatic heterocycles. The molecule has 3 aromatic carbocycles. The molecule has 3 aromatic rings. The molecule has 1 heterocycles. The predicted octanol–water partition coefficient (Wildman–Crippen LogP) is 4.88. The average molecular weight is 483 g/mol. The zero-order valence-electron chi connectivity index (χ0n) is 19.2. The highest BCUT2D eigenvalue weighted by Crippen LogP contribution is 2.43. The van der Waals surface area contributed by atoms with Crippen molar-refractivity contribution in [2.24, 2.45) is 0 Å². The number of nitrogens with zero attached hydrogens (tertiary/aromatic N) is 3. The molecule has 0 aliphatic carbocycles. The SMILES string of the molecule is CCCOc1cccc(C2/C(=C(/O)c3cccc([N+](=O)[O-])c3)C(=O)C(=O)N2c2ccc(C#N)cc2)c1. The van der Waals surface area contributed by atoms with Gasteiger partial charge in [-0.1, -0.05) is 31.2 Å².